The van der Waals surface area contributed by atoms with Crippen molar-refractivity contribution in [2.75, 3.05) is 11.9 Å². The van der Waals surface area contributed by atoms with Crippen molar-refractivity contribution in [3.05, 3.63) is 70.5 Å². The SMILES string of the molecule is O=C(Nc1ccn(C2OC(CO)=CC2O)c(=O)n1)c1ccccc1. The van der Waals surface area contributed by atoms with E-state index >= 15 is 0 Å². The number of ether oxygens (including phenoxy) is 1. The summed E-state index contributed by atoms with van der Waals surface area (Å²) in [4.78, 5) is 27.9. The number of aliphatic hydroxyl groups is 2. The van der Waals surface area contributed by atoms with Crippen LogP contribution in [0.3, 0.4) is 0 Å². The molecule has 1 aliphatic heterocycles. The molecule has 0 aliphatic carbocycles. The molecular formula is C16H15N3O5. The lowest BCUT2D eigenvalue weighted by atomic mass is 10.2. The highest BCUT2D eigenvalue weighted by molar-refractivity contribution is 6.03. The van der Waals surface area contributed by atoms with Crippen molar-refractivity contribution in [3.8, 4) is 0 Å². The third kappa shape index (κ3) is 3.19. The number of anilines is 1. The second-order valence-electron chi connectivity index (χ2n) is 5.11. The number of carbonyl (C=O) groups excluding carboxylic acids is 1. The predicted octanol–water partition coefficient (Wildman–Crippen LogP) is 0.261. The van der Waals surface area contributed by atoms with Gasteiger partial charge in [0.25, 0.3) is 5.91 Å². The van der Waals surface area contributed by atoms with E-state index in [9.17, 15) is 14.7 Å². The van der Waals surface area contributed by atoms with Crippen molar-refractivity contribution in [1.82, 2.24) is 9.55 Å². The molecule has 0 bridgehead atoms. The molecule has 2 heterocycles. The predicted molar refractivity (Wildman–Crippen MR) is 84.2 cm³/mol. The summed E-state index contributed by atoms with van der Waals surface area (Å²) >= 11 is 0. The first kappa shape index (κ1) is 15.9. The van der Waals surface area contributed by atoms with Crippen LogP contribution in [-0.2, 0) is 4.74 Å². The Bertz CT molecular complexity index is 831. The van der Waals surface area contributed by atoms with Gasteiger partial charge >= 0.3 is 5.69 Å². The second kappa shape index (κ2) is 6.65. The minimum atomic E-state index is -1.07. The van der Waals surface area contributed by atoms with Crippen molar-refractivity contribution >= 4 is 11.7 Å². The van der Waals surface area contributed by atoms with Crippen LogP contribution in [0.25, 0.3) is 0 Å². The van der Waals surface area contributed by atoms with E-state index in [1.165, 1.54) is 18.3 Å². The summed E-state index contributed by atoms with van der Waals surface area (Å²) < 4.78 is 6.36. The molecule has 0 saturated carbocycles. The zero-order valence-electron chi connectivity index (χ0n) is 12.5. The molecule has 8 heteroatoms. The topological polar surface area (TPSA) is 114 Å². The van der Waals surface area contributed by atoms with Crippen LogP contribution < -0.4 is 11.0 Å². The van der Waals surface area contributed by atoms with E-state index in [1.807, 2.05) is 0 Å². The number of amides is 1. The molecule has 0 saturated heterocycles. The van der Waals surface area contributed by atoms with Gasteiger partial charge in [-0.2, -0.15) is 4.98 Å². The maximum atomic E-state index is 12.1. The largest absolute Gasteiger partial charge is 0.469 e. The lowest BCUT2D eigenvalue weighted by Crippen LogP contribution is -2.32. The van der Waals surface area contributed by atoms with Gasteiger partial charge in [0.1, 0.15) is 24.3 Å². The summed E-state index contributed by atoms with van der Waals surface area (Å²) in [5, 5.41) is 21.4. The van der Waals surface area contributed by atoms with Gasteiger partial charge in [0.05, 0.1) is 0 Å². The van der Waals surface area contributed by atoms with Crippen molar-refractivity contribution in [1.29, 1.82) is 0 Å². The average Bonchev–Trinajstić information content (AvgIpc) is 2.96. The second-order valence-corrected chi connectivity index (χ2v) is 5.11. The minimum Gasteiger partial charge on any atom is -0.469 e. The molecule has 0 spiro atoms. The first-order chi connectivity index (χ1) is 11.6. The Kier molecular flexibility index (Phi) is 4.41. The number of nitrogens with one attached hydrogen (secondary N) is 1. The number of hydrogen-bond donors (Lipinski definition) is 3. The van der Waals surface area contributed by atoms with E-state index < -0.39 is 18.0 Å². The molecule has 1 aliphatic rings. The highest BCUT2D eigenvalue weighted by Crippen LogP contribution is 2.25. The maximum Gasteiger partial charge on any atom is 0.352 e. The van der Waals surface area contributed by atoms with Crippen molar-refractivity contribution in [3.63, 3.8) is 0 Å². The van der Waals surface area contributed by atoms with Gasteiger partial charge in [-0.1, -0.05) is 18.2 Å². The Hall–Kier alpha value is -2.97. The molecule has 0 fully saturated rings. The van der Waals surface area contributed by atoms with Gasteiger partial charge in [-0.15, -0.1) is 0 Å². The molecule has 24 heavy (non-hydrogen) atoms. The van der Waals surface area contributed by atoms with E-state index in [1.54, 1.807) is 30.3 Å². The summed E-state index contributed by atoms with van der Waals surface area (Å²) in [5.41, 5.74) is -0.257. The van der Waals surface area contributed by atoms with Gasteiger partial charge < -0.3 is 20.3 Å². The van der Waals surface area contributed by atoms with Gasteiger partial charge in [0, 0.05) is 11.8 Å². The summed E-state index contributed by atoms with van der Waals surface area (Å²) in [7, 11) is 0. The molecule has 3 rings (SSSR count). The summed E-state index contributed by atoms with van der Waals surface area (Å²) in [6.45, 7) is -0.374. The Morgan fingerprint density at radius 3 is 2.67 bits per heavy atom. The van der Waals surface area contributed by atoms with E-state index in [4.69, 9.17) is 9.84 Å². The fourth-order valence-electron chi connectivity index (χ4n) is 2.30. The lowest BCUT2D eigenvalue weighted by Gasteiger charge is -2.18. The lowest BCUT2D eigenvalue weighted by molar-refractivity contribution is -0.0103. The van der Waals surface area contributed by atoms with E-state index in [2.05, 4.69) is 10.3 Å². The Labute approximate surface area is 136 Å². The van der Waals surface area contributed by atoms with Crippen LogP contribution >= 0.6 is 0 Å². The smallest absolute Gasteiger partial charge is 0.352 e. The van der Waals surface area contributed by atoms with Gasteiger partial charge in [0.2, 0.25) is 6.23 Å². The van der Waals surface area contributed by atoms with Crippen LogP contribution in [-0.4, -0.2) is 38.4 Å². The van der Waals surface area contributed by atoms with E-state index in [0.717, 1.165) is 4.57 Å². The van der Waals surface area contributed by atoms with Crippen LogP contribution in [0, 0.1) is 0 Å². The molecule has 1 aromatic heterocycles. The molecular weight excluding hydrogens is 314 g/mol. The number of rotatable bonds is 4. The summed E-state index contributed by atoms with van der Waals surface area (Å²) in [6.07, 6.45) is 0.614. The summed E-state index contributed by atoms with van der Waals surface area (Å²) in [6, 6.07) is 9.95. The van der Waals surface area contributed by atoms with Gasteiger partial charge in [-0.05, 0) is 24.3 Å². The van der Waals surface area contributed by atoms with Crippen molar-refractivity contribution in [2.45, 2.75) is 12.3 Å². The minimum absolute atomic E-state index is 0.0907. The Balaban J connectivity index is 1.76. The number of aliphatic hydroxyl groups excluding tert-OH is 2. The first-order valence-electron chi connectivity index (χ1n) is 7.20. The van der Waals surface area contributed by atoms with Gasteiger partial charge in [-0.3, -0.25) is 9.36 Å². The number of carbonyl (C=O) groups is 1. The Morgan fingerprint density at radius 2 is 2.04 bits per heavy atom. The summed E-state index contributed by atoms with van der Waals surface area (Å²) in [5.74, 6) is -0.115. The van der Waals surface area contributed by atoms with Crippen LogP contribution in [0.1, 0.15) is 16.6 Å². The van der Waals surface area contributed by atoms with Gasteiger partial charge in [-0.25, -0.2) is 4.79 Å². The standard InChI is InChI=1S/C16H15N3O5/c20-9-11-8-12(21)15(24-11)19-7-6-13(18-16(19)23)17-14(22)10-4-2-1-3-5-10/h1-8,12,15,20-21H,9H2,(H,17,18,22,23). The zero-order valence-corrected chi connectivity index (χ0v) is 12.5. The van der Waals surface area contributed by atoms with Crippen molar-refractivity contribution in [2.24, 2.45) is 0 Å². The van der Waals surface area contributed by atoms with Crippen LogP contribution in [0.15, 0.2) is 59.2 Å². The normalized spacial score (nSPS) is 19.5. The number of aromatic nitrogens is 2. The molecule has 0 radical (unpaired) electrons. The van der Waals surface area contributed by atoms with Crippen LogP contribution in [0.2, 0.25) is 0 Å². The third-order valence-electron chi connectivity index (χ3n) is 3.46. The average molecular weight is 329 g/mol. The fraction of sp³-hybridized carbons (Fsp3) is 0.188. The molecule has 2 unspecified atom stereocenters. The van der Waals surface area contributed by atoms with Crippen LogP contribution in [0.5, 0.6) is 0 Å². The fourth-order valence-corrected chi connectivity index (χ4v) is 2.30. The first-order valence-corrected chi connectivity index (χ1v) is 7.20. The molecule has 8 nitrogen and oxygen atoms in total. The molecule has 1 aromatic carbocycles. The highest BCUT2D eigenvalue weighted by Gasteiger charge is 2.29. The highest BCUT2D eigenvalue weighted by atomic mass is 16.5. The maximum absolute atomic E-state index is 12.1. The molecule has 1 amide bonds. The monoisotopic (exact) mass is 329 g/mol. The van der Waals surface area contributed by atoms with Crippen molar-refractivity contribution < 1.29 is 19.7 Å². The number of benzene rings is 1. The van der Waals surface area contributed by atoms with E-state index in [0.29, 0.717) is 5.56 Å². The quantitative estimate of drug-likeness (QED) is 0.741. The van der Waals surface area contributed by atoms with Crippen LogP contribution in [0.4, 0.5) is 5.82 Å². The molecule has 124 valence electrons. The third-order valence-corrected chi connectivity index (χ3v) is 3.46. The number of nitrogens with zero attached hydrogens (tertiary/aromatic N) is 2. The van der Waals surface area contributed by atoms with E-state index in [-0.39, 0.29) is 24.1 Å². The van der Waals surface area contributed by atoms with Gasteiger partial charge in [0.15, 0.2) is 0 Å². The number of hydrogen-bond acceptors (Lipinski definition) is 6. The molecule has 3 N–H and O–H groups in total. The molecule has 2 atom stereocenters. The zero-order chi connectivity index (χ0) is 17.1. The molecule has 2 aromatic rings. The Morgan fingerprint density at radius 1 is 1.29 bits per heavy atom.